The van der Waals surface area contributed by atoms with Gasteiger partial charge in [-0.3, -0.25) is 4.79 Å². The van der Waals surface area contributed by atoms with Crippen LogP contribution in [-0.2, 0) is 22.4 Å². The molecule has 0 fully saturated rings. The molecule has 2 aromatic rings. The van der Waals surface area contributed by atoms with E-state index < -0.39 is 0 Å². The van der Waals surface area contributed by atoms with E-state index in [0.717, 1.165) is 11.1 Å². The summed E-state index contributed by atoms with van der Waals surface area (Å²) in [6.45, 7) is 0.262. The Morgan fingerprint density at radius 1 is 0.905 bits per heavy atom. The van der Waals surface area contributed by atoms with Gasteiger partial charge in [-0.2, -0.15) is 0 Å². The van der Waals surface area contributed by atoms with Gasteiger partial charge >= 0.3 is 5.97 Å². The van der Waals surface area contributed by atoms with E-state index in [1.54, 1.807) is 6.07 Å². The summed E-state index contributed by atoms with van der Waals surface area (Å²) in [7, 11) is 0. The van der Waals surface area contributed by atoms with Crippen LogP contribution in [-0.4, -0.2) is 22.8 Å². The number of aryl methyl sites for hydroxylation is 1. The molecular weight excluding hydrogens is 268 g/mol. The van der Waals surface area contributed by atoms with Gasteiger partial charge in [0.2, 0.25) is 0 Å². The summed E-state index contributed by atoms with van der Waals surface area (Å²) < 4.78 is 5.15. The third kappa shape index (κ3) is 4.84. The maximum absolute atomic E-state index is 11.6. The fourth-order valence-corrected chi connectivity index (χ4v) is 1.97. The van der Waals surface area contributed by atoms with Crippen molar-refractivity contribution in [3.05, 3.63) is 59.7 Å². The molecule has 0 aliphatic rings. The molecule has 0 amide bonds. The highest BCUT2D eigenvalue weighted by Gasteiger charge is 2.05. The fraction of sp³-hybridized carbons (Fsp3) is 0.235. The Kier molecular flexibility index (Phi) is 5.21. The molecule has 0 unspecified atom stereocenters. The first kappa shape index (κ1) is 14.9. The van der Waals surface area contributed by atoms with Gasteiger partial charge in [0.1, 0.15) is 0 Å². The van der Waals surface area contributed by atoms with Crippen molar-refractivity contribution in [3.8, 4) is 11.5 Å². The number of hydrogen-bond donors (Lipinski definition) is 2. The maximum Gasteiger partial charge on any atom is 0.306 e. The summed E-state index contributed by atoms with van der Waals surface area (Å²) in [5, 5.41) is 18.6. The molecular formula is C17H18O4. The summed E-state index contributed by atoms with van der Waals surface area (Å²) >= 11 is 0. The minimum atomic E-state index is -0.234. The third-order valence-corrected chi connectivity index (χ3v) is 3.15. The molecule has 2 aromatic carbocycles. The van der Waals surface area contributed by atoms with Gasteiger partial charge in [0.15, 0.2) is 11.5 Å². The Morgan fingerprint density at radius 2 is 1.67 bits per heavy atom. The van der Waals surface area contributed by atoms with Crippen LogP contribution in [0.3, 0.4) is 0 Å². The van der Waals surface area contributed by atoms with Gasteiger partial charge in [0.25, 0.3) is 0 Å². The number of benzene rings is 2. The number of carbonyl (C=O) groups is 1. The van der Waals surface area contributed by atoms with E-state index in [1.165, 1.54) is 12.1 Å². The summed E-state index contributed by atoms with van der Waals surface area (Å²) in [6, 6.07) is 14.4. The van der Waals surface area contributed by atoms with Crippen LogP contribution in [0.2, 0.25) is 0 Å². The van der Waals surface area contributed by atoms with E-state index in [2.05, 4.69) is 0 Å². The van der Waals surface area contributed by atoms with Crippen molar-refractivity contribution in [1.29, 1.82) is 0 Å². The third-order valence-electron chi connectivity index (χ3n) is 3.15. The number of phenolic OH excluding ortho intramolecular Hbond substituents is 2. The van der Waals surface area contributed by atoms with Gasteiger partial charge in [-0.15, -0.1) is 0 Å². The molecule has 0 aliphatic heterocycles. The van der Waals surface area contributed by atoms with Crippen molar-refractivity contribution >= 4 is 5.97 Å². The number of phenols is 2. The molecule has 0 spiro atoms. The minimum absolute atomic E-state index is 0.154. The van der Waals surface area contributed by atoms with Crippen LogP contribution >= 0.6 is 0 Å². The highest BCUT2D eigenvalue weighted by Crippen LogP contribution is 2.24. The largest absolute Gasteiger partial charge is 0.504 e. The summed E-state index contributed by atoms with van der Waals surface area (Å²) in [4.78, 5) is 11.6. The Morgan fingerprint density at radius 3 is 2.38 bits per heavy atom. The lowest BCUT2D eigenvalue weighted by Gasteiger charge is -2.06. The van der Waals surface area contributed by atoms with Crippen LogP contribution in [0.1, 0.15) is 17.5 Å². The van der Waals surface area contributed by atoms with Crippen LogP contribution in [0.25, 0.3) is 0 Å². The van der Waals surface area contributed by atoms with Crippen LogP contribution < -0.4 is 0 Å². The first-order valence-corrected chi connectivity index (χ1v) is 6.85. The van der Waals surface area contributed by atoms with E-state index in [4.69, 9.17) is 4.74 Å². The topological polar surface area (TPSA) is 66.8 Å². The number of rotatable bonds is 6. The van der Waals surface area contributed by atoms with Crippen molar-refractivity contribution in [3.63, 3.8) is 0 Å². The van der Waals surface area contributed by atoms with Crippen molar-refractivity contribution in [2.45, 2.75) is 19.3 Å². The lowest BCUT2D eigenvalue weighted by Crippen LogP contribution is -2.08. The first-order valence-electron chi connectivity index (χ1n) is 6.85. The zero-order chi connectivity index (χ0) is 15.1. The monoisotopic (exact) mass is 286 g/mol. The highest BCUT2D eigenvalue weighted by molar-refractivity contribution is 5.69. The van der Waals surface area contributed by atoms with E-state index in [0.29, 0.717) is 19.3 Å². The molecule has 0 aliphatic carbocycles. The zero-order valence-electron chi connectivity index (χ0n) is 11.7. The molecule has 0 radical (unpaired) electrons. The maximum atomic E-state index is 11.6. The standard InChI is InChI=1S/C17H18O4/c18-15-8-6-14(12-16(15)19)10-11-21-17(20)9-7-13-4-2-1-3-5-13/h1-6,8,12,18-19H,7,9-11H2. The Labute approximate surface area is 123 Å². The predicted octanol–water partition coefficient (Wildman–Crippen LogP) is 2.82. The number of ether oxygens (including phenoxy) is 1. The van der Waals surface area contributed by atoms with Crippen LogP contribution in [0.15, 0.2) is 48.5 Å². The van der Waals surface area contributed by atoms with Gasteiger partial charge in [-0.1, -0.05) is 36.4 Å². The molecule has 0 heterocycles. The SMILES string of the molecule is O=C(CCc1ccccc1)OCCc1ccc(O)c(O)c1. The molecule has 2 rings (SSSR count). The molecule has 0 saturated heterocycles. The van der Waals surface area contributed by atoms with Crippen molar-refractivity contribution in [2.75, 3.05) is 6.61 Å². The molecule has 4 heteroatoms. The minimum Gasteiger partial charge on any atom is -0.504 e. The quantitative estimate of drug-likeness (QED) is 0.633. The van der Waals surface area contributed by atoms with Gasteiger partial charge < -0.3 is 14.9 Å². The Hall–Kier alpha value is -2.49. The highest BCUT2D eigenvalue weighted by atomic mass is 16.5. The second-order valence-electron chi connectivity index (χ2n) is 4.78. The predicted molar refractivity (Wildman–Crippen MR) is 79.2 cm³/mol. The Bertz CT molecular complexity index is 593. The Balaban J connectivity index is 1.70. The van der Waals surface area contributed by atoms with Gasteiger partial charge in [0.05, 0.1) is 6.61 Å². The summed E-state index contributed by atoms with van der Waals surface area (Å²) in [6.07, 6.45) is 1.52. The molecule has 0 aromatic heterocycles. The molecule has 0 bridgehead atoms. The zero-order valence-corrected chi connectivity index (χ0v) is 11.7. The number of hydrogen-bond acceptors (Lipinski definition) is 4. The van der Waals surface area contributed by atoms with Gasteiger partial charge in [-0.05, 0) is 29.7 Å². The lowest BCUT2D eigenvalue weighted by molar-refractivity contribution is -0.143. The molecule has 4 nitrogen and oxygen atoms in total. The van der Waals surface area contributed by atoms with Crippen molar-refractivity contribution in [2.24, 2.45) is 0 Å². The van der Waals surface area contributed by atoms with Gasteiger partial charge in [-0.25, -0.2) is 0 Å². The number of carbonyl (C=O) groups excluding carboxylic acids is 1. The number of aromatic hydroxyl groups is 2. The van der Waals surface area contributed by atoms with Crippen LogP contribution in [0, 0.1) is 0 Å². The molecule has 0 atom stereocenters. The molecule has 0 saturated carbocycles. The van der Waals surface area contributed by atoms with E-state index in [-0.39, 0.29) is 24.1 Å². The number of esters is 1. The molecule has 2 N–H and O–H groups in total. The van der Waals surface area contributed by atoms with Crippen LogP contribution in [0.5, 0.6) is 11.5 Å². The van der Waals surface area contributed by atoms with E-state index in [1.807, 2.05) is 30.3 Å². The van der Waals surface area contributed by atoms with E-state index >= 15 is 0 Å². The van der Waals surface area contributed by atoms with Crippen LogP contribution in [0.4, 0.5) is 0 Å². The average Bonchev–Trinajstić information content (AvgIpc) is 2.50. The smallest absolute Gasteiger partial charge is 0.306 e. The lowest BCUT2D eigenvalue weighted by atomic mass is 10.1. The first-order chi connectivity index (χ1) is 10.1. The molecule has 21 heavy (non-hydrogen) atoms. The molecule has 110 valence electrons. The normalized spacial score (nSPS) is 10.3. The second kappa shape index (κ2) is 7.33. The average molecular weight is 286 g/mol. The van der Waals surface area contributed by atoms with Gasteiger partial charge in [0, 0.05) is 12.8 Å². The summed E-state index contributed by atoms with van der Waals surface area (Å²) in [5.74, 6) is -0.552. The summed E-state index contributed by atoms with van der Waals surface area (Å²) in [5.41, 5.74) is 1.92. The van der Waals surface area contributed by atoms with Crippen molar-refractivity contribution in [1.82, 2.24) is 0 Å². The van der Waals surface area contributed by atoms with Crippen molar-refractivity contribution < 1.29 is 19.7 Å². The second-order valence-corrected chi connectivity index (χ2v) is 4.78. The fourth-order valence-electron chi connectivity index (χ4n) is 1.97. The van der Waals surface area contributed by atoms with E-state index in [9.17, 15) is 15.0 Å².